The summed E-state index contributed by atoms with van der Waals surface area (Å²) < 4.78 is 1.02. The molecule has 3 aromatic rings. The van der Waals surface area contributed by atoms with E-state index < -0.39 is 0 Å². The van der Waals surface area contributed by atoms with Gasteiger partial charge >= 0.3 is 0 Å². The molecule has 0 saturated carbocycles. The van der Waals surface area contributed by atoms with Crippen LogP contribution >= 0.6 is 27.3 Å². The van der Waals surface area contributed by atoms with Gasteiger partial charge in [-0.25, -0.2) is 4.98 Å². The molecule has 1 atom stereocenters. The van der Waals surface area contributed by atoms with Gasteiger partial charge in [-0.15, -0.1) is 11.3 Å². The summed E-state index contributed by atoms with van der Waals surface area (Å²) >= 11 is 5.06. The summed E-state index contributed by atoms with van der Waals surface area (Å²) in [4.78, 5) is 34.6. The average molecular weight is 460 g/mol. The lowest BCUT2D eigenvalue weighted by atomic mass is 10.0. The van der Waals surface area contributed by atoms with Crippen LogP contribution in [0.2, 0.25) is 0 Å². The van der Waals surface area contributed by atoms with Crippen LogP contribution < -0.4 is 10.9 Å². The number of aromatic amines is 1. The van der Waals surface area contributed by atoms with Gasteiger partial charge in [0.25, 0.3) is 5.56 Å². The van der Waals surface area contributed by atoms with Crippen LogP contribution in [0, 0.1) is 0 Å². The molecule has 0 spiro atoms. The number of carbonyl (C=O) groups is 1. The Bertz CT molecular complexity index is 1070. The van der Waals surface area contributed by atoms with E-state index in [0.29, 0.717) is 18.7 Å². The first kappa shape index (κ1) is 19.3. The molecule has 2 aromatic heterocycles. The molecule has 1 aliphatic rings. The third-order valence-corrected chi connectivity index (χ3v) is 6.94. The Hall–Kier alpha value is -1.99. The van der Waals surface area contributed by atoms with Crippen LogP contribution in [0.1, 0.15) is 54.1 Å². The molecule has 0 aliphatic heterocycles. The molecule has 7 heteroatoms. The highest BCUT2D eigenvalue weighted by Crippen LogP contribution is 2.34. The van der Waals surface area contributed by atoms with Gasteiger partial charge < -0.3 is 10.3 Å². The standard InChI is InChI=1S/C21H22BrN3O2S/c1-2-15(12-6-8-13(22)9-7-12)23-18(26)11-10-17-24-20(27)19-14-4-3-5-16(14)28-21(19)25-17/h6-9,15H,2-5,10-11H2,1H3,(H,23,26)(H,24,25,27). The molecule has 0 bridgehead atoms. The average Bonchev–Trinajstić information content (AvgIpc) is 3.26. The lowest BCUT2D eigenvalue weighted by Gasteiger charge is -2.17. The maximum Gasteiger partial charge on any atom is 0.259 e. The normalized spacial score (nSPS) is 14.2. The molecule has 1 aromatic carbocycles. The van der Waals surface area contributed by atoms with Crippen molar-refractivity contribution in [1.82, 2.24) is 15.3 Å². The number of nitrogens with one attached hydrogen (secondary N) is 2. The fourth-order valence-electron chi connectivity index (χ4n) is 3.78. The second kappa shape index (κ2) is 8.17. The van der Waals surface area contributed by atoms with Crippen LogP contribution in [0.15, 0.2) is 33.5 Å². The van der Waals surface area contributed by atoms with Crippen molar-refractivity contribution < 1.29 is 4.79 Å². The zero-order chi connectivity index (χ0) is 19.7. The van der Waals surface area contributed by atoms with Gasteiger partial charge in [0.05, 0.1) is 11.4 Å². The Balaban J connectivity index is 1.43. The van der Waals surface area contributed by atoms with Gasteiger partial charge in [-0.3, -0.25) is 9.59 Å². The molecule has 28 heavy (non-hydrogen) atoms. The SMILES string of the molecule is CCC(NC(=O)CCc1nc2sc3c(c2c(=O)[nH]1)CCC3)c1ccc(Br)cc1. The number of halogens is 1. The highest BCUT2D eigenvalue weighted by molar-refractivity contribution is 9.10. The molecule has 1 unspecified atom stereocenters. The van der Waals surface area contributed by atoms with Crippen LogP contribution in [0.25, 0.3) is 10.2 Å². The van der Waals surface area contributed by atoms with E-state index in [1.807, 2.05) is 24.3 Å². The second-order valence-corrected chi connectivity index (χ2v) is 9.13. The number of thiophene rings is 1. The topological polar surface area (TPSA) is 74.8 Å². The third kappa shape index (κ3) is 3.91. The number of benzene rings is 1. The minimum atomic E-state index is -0.0684. The van der Waals surface area contributed by atoms with Crippen molar-refractivity contribution in [3.05, 3.63) is 60.9 Å². The number of amides is 1. The number of fused-ring (bicyclic) bond motifs is 3. The summed E-state index contributed by atoms with van der Waals surface area (Å²) in [5.41, 5.74) is 2.19. The van der Waals surface area contributed by atoms with Crippen molar-refractivity contribution in [1.29, 1.82) is 0 Å². The fourth-order valence-corrected chi connectivity index (χ4v) is 5.33. The van der Waals surface area contributed by atoms with E-state index in [9.17, 15) is 9.59 Å². The largest absolute Gasteiger partial charge is 0.349 e. The Morgan fingerprint density at radius 1 is 1.32 bits per heavy atom. The minimum Gasteiger partial charge on any atom is -0.349 e. The van der Waals surface area contributed by atoms with Gasteiger partial charge in [0, 0.05) is 22.2 Å². The number of nitrogens with zero attached hydrogens (tertiary/aromatic N) is 1. The molecule has 4 rings (SSSR count). The van der Waals surface area contributed by atoms with Crippen LogP contribution in [0.4, 0.5) is 0 Å². The van der Waals surface area contributed by atoms with Crippen molar-refractivity contribution >= 4 is 43.4 Å². The predicted molar refractivity (Wildman–Crippen MR) is 116 cm³/mol. The molecule has 0 saturated heterocycles. The summed E-state index contributed by atoms with van der Waals surface area (Å²) in [6, 6.07) is 7.97. The van der Waals surface area contributed by atoms with Gasteiger partial charge in [-0.05, 0) is 48.9 Å². The molecule has 1 amide bonds. The monoisotopic (exact) mass is 459 g/mol. The molecule has 0 radical (unpaired) electrons. The highest BCUT2D eigenvalue weighted by atomic mass is 79.9. The van der Waals surface area contributed by atoms with E-state index in [4.69, 9.17) is 0 Å². The van der Waals surface area contributed by atoms with Crippen molar-refractivity contribution in [2.45, 2.75) is 51.5 Å². The van der Waals surface area contributed by atoms with Crippen molar-refractivity contribution in [2.24, 2.45) is 0 Å². The molecular formula is C21H22BrN3O2S. The van der Waals surface area contributed by atoms with Crippen molar-refractivity contribution in [3.63, 3.8) is 0 Å². The van der Waals surface area contributed by atoms with Gasteiger partial charge in [-0.2, -0.15) is 0 Å². The number of hydrogen-bond donors (Lipinski definition) is 2. The second-order valence-electron chi connectivity index (χ2n) is 7.13. The molecule has 1 aliphatic carbocycles. The quantitative estimate of drug-likeness (QED) is 0.572. The zero-order valence-electron chi connectivity index (χ0n) is 15.7. The number of rotatable bonds is 6. The number of hydrogen-bond acceptors (Lipinski definition) is 4. The van der Waals surface area contributed by atoms with E-state index in [1.54, 1.807) is 11.3 Å². The Morgan fingerprint density at radius 2 is 2.11 bits per heavy atom. The molecular weight excluding hydrogens is 438 g/mol. The number of carbonyl (C=O) groups excluding carboxylic acids is 1. The van der Waals surface area contributed by atoms with Gasteiger partial charge in [0.2, 0.25) is 5.91 Å². The molecule has 0 fully saturated rings. The Morgan fingerprint density at radius 3 is 2.86 bits per heavy atom. The first-order valence-corrected chi connectivity index (χ1v) is 11.2. The lowest BCUT2D eigenvalue weighted by Crippen LogP contribution is -2.28. The maximum absolute atomic E-state index is 12.5. The number of aryl methyl sites for hydroxylation is 3. The summed E-state index contributed by atoms with van der Waals surface area (Å²) in [6.07, 6.45) is 4.67. The summed E-state index contributed by atoms with van der Waals surface area (Å²) in [5.74, 6) is 0.551. The smallest absolute Gasteiger partial charge is 0.259 e. The van der Waals surface area contributed by atoms with Crippen molar-refractivity contribution in [2.75, 3.05) is 0 Å². The maximum atomic E-state index is 12.5. The molecule has 2 N–H and O–H groups in total. The number of aromatic nitrogens is 2. The lowest BCUT2D eigenvalue weighted by molar-refractivity contribution is -0.121. The van der Waals surface area contributed by atoms with E-state index in [0.717, 1.165) is 45.9 Å². The Kier molecular flexibility index (Phi) is 5.64. The minimum absolute atomic E-state index is 0.0182. The van der Waals surface area contributed by atoms with Crippen LogP contribution in [-0.2, 0) is 24.1 Å². The van der Waals surface area contributed by atoms with Gasteiger partial charge in [0.15, 0.2) is 0 Å². The highest BCUT2D eigenvalue weighted by Gasteiger charge is 2.21. The first-order chi connectivity index (χ1) is 13.5. The fraction of sp³-hybridized carbons (Fsp3) is 0.381. The Labute approximate surface area is 175 Å². The van der Waals surface area contributed by atoms with E-state index >= 15 is 0 Å². The zero-order valence-corrected chi connectivity index (χ0v) is 18.1. The van der Waals surface area contributed by atoms with E-state index in [-0.39, 0.29) is 17.5 Å². The summed E-state index contributed by atoms with van der Waals surface area (Å²) in [5, 5.41) is 3.84. The number of H-pyrrole nitrogens is 1. The summed E-state index contributed by atoms with van der Waals surface area (Å²) in [7, 11) is 0. The van der Waals surface area contributed by atoms with Gasteiger partial charge in [-0.1, -0.05) is 35.0 Å². The molecule has 2 heterocycles. The van der Waals surface area contributed by atoms with E-state index in [2.05, 4.69) is 38.1 Å². The predicted octanol–water partition coefficient (Wildman–Crippen LogP) is 4.44. The van der Waals surface area contributed by atoms with Gasteiger partial charge in [0.1, 0.15) is 10.7 Å². The third-order valence-electron chi connectivity index (χ3n) is 5.23. The first-order valence-electron chi connectivity index (χ1n) is 9.63. The van der Waals surface area contributed by atoms with Crippen molar-refractivity contribution in [3.8, 4) is 0 Å². The van der Waals surface area contributed by atoms with Crippen LogP contribution in [-0.4, -0.2) is 15.9 Å². The van der Waals surface area contributed by atoms with Crippen LogP contribution in [0.3, 0.4) is 0 Å². The summed E-state index contributed by atoms with van der Waals surface area (Å²) in [6.45, 7) is 2.05. The van der Waals surface area contributed by atoms with Crippen LogP contribution in [0.5, 0.6) is 0 Å². The van der Waals surface area contributed by atoms with E-state index in [1.165, 1.54) is 10.4 Å². The molecule has 146 valence electrons. The molecule has 5 nitrogen and oxygen atoms in total.